The predicted octanol–water partition coefficient (Wildman–Crippen LogP) is 3.82. The Labute approximate surface area is 202 Å². The van der Waals surface area contributed by atoms with Gasteiger partial charge in [0.15, 0.2) is 5.16 Å². The first-order chi connectivity index (χ1) is 16.5. The van der Waals surface area contributed by atoms with Crippen molar-refractivity contribution in [3.63, 3.8) is 0 Å². The minimum Gasteiger partial charge on any atom is -0.375 e. The van der Waals surface area contributed by atoms with Gasteiger partial charge in [-0.3, -0.25) is 9.59 Å². The molecule has 0 saturated heterocycles. The molecule has 8 heteroatoms. The Hall–Kier alpha value is -3.65. The van der Waals surface area contributed by atoms with Gasteiger partial charge < -0.3 is 10.2 Å². The fraction of sp³-hybridized carbons (Fsp3) is 0.231. The monoisotopic (exact) mass is 473 g/mol. The minimum absolute atomic E-state index is 0.0989. The molecule has 0 atom stereocenters. The highest BCUT2D eigenvalue weighted by molar-refractivity contribution is 7.99. The Morgan fingerprint density at radius 3 is 2.59 bits per heavy atom. The van der Waals surface area contributed by atoms with Crippen molar-refractivity contribution in [2.75, 3.05) is 30.8 Å². The van der Waals surface area contributed by atoms with Crippen LogP contribution in [0.4, 0.5) is 5.69 Å². The molecule has 0 aliphatic rings. The lowest BCUT2D eigenvalue weighted by Crippen LogP contribution is -2.30. The Balaban J connectivity index is 1.41. The molecule has 4 aromatic rings. The van der Waals surface area contributed by atoms with E-state index in [4.69, 9.17) is 0 Å². The summed E-state index contributed by atoms with van der Waals surface area (Å²) in [6, 6.07) is 21.0. The summed E-state index contributed by atoms with van der Waals surface area (Å²) < 4.78 is 1.48. The van der Waals surface area contributed by atoms with Crippen LogP contribution in [0.3, 0.4) is 0 Å². The van der Waals surface area contributed by atoms with Crippen molar-refractivity contribution in [3.05, 3.63) is 88.8 Å². The van der Waals surface area contributed by atoms with Crippen molar-refractivity contribution in [1.82, 2.24) is 19.9 Å². The average Bonchev–Trinajstić information content (AvgIpc) is 2.86. The maximum absolute atomic E-state index is 13.2. The smallest absolute Gasteiger partial charge is 0.267 e. The first-order valence-electron chi connectivity index (χ1n) is 11.1. The van der Waals surface area contributed by atoms with Gasteiger partial charge in [-0.05, 0) is 49.2 Å². The van der Waals surface area contributed by atoms with Crippen LogP contribution in [-0.2, 0) is 4.79 Å². The van der Waals surface area contributed by atoms with Gasteiger partial charge in [-0.25, -0.2) is 14.5 Å². The van der Waals surface area contributed by atoms with Gasteiger partial charge in [0.25, 0.3) is 5.56 Å². The molecule has 1 amide bonds. The van der Waals surface area contributed by atoms with E-state index in [2.05, 4.69) is 32.3 Å². The summed E-state index contributed by atoms with van der Waals surface area (Å²) in [7, 11) is 2.04. The summed E-state index contributed by atoms with van der Waals surface area (Å²) in [5.41, 5.74) is 2.54. The number of nitrogens with zero attached hydrogens (tertiary/aromatic N) is 4. The summed E-state index contributed by atoms with van der Waals surface area (Å²) >= 11 is 1.23. The number of hydrogen-bond donors (Lipinski definition) is 1. The Morgan fingerprint density at radius 1 is 1.06 bits per heavy atom. The lowest BCUT2D eigenvalue weighted by Gasteiger charge is -2.19. The molecule has 174 valence electrons. The van der Waals surface area contributed by atoms with Crippen molar-refractivity contribution in [2.24, 2.45) is 0 Å². The summed E-state index contributed by atoms with van der Waals surface area (Å²) in [6.45, 7) is 3.35. The summed E-state index contributed by atoms with van der Waals surface area (Å²) in [5.74, 6) is 0.546. The Bertz CT molecular complexity index is 1320. The van der Waals surface area contributed by atoms with Gasteiger partial charge in [0.1, 0.15) is 5.82 Å². The third kappa shape index (κ3) is 5.63. The van der Waals surface area contributed by atoms with Gasteiger partial charge >= 0.3 is 0 Å². The number of aromatic nitrogens is 3. The summed E-state index contributed by atoms with van der Waals surface area (Å²) in [5, 5.41) is 3.92. The normalized spacial score (nSPS) is 10.9. The van der Waals surface area contributed by atoms with Crippen molar-refractivity contribution < 1.29 is 4.79 Å². The van der Waals surface area contributed by atoms with Crippen molar-refractivity contribution >= 4 is 34.3 Å². The largest absolute Gasteiger partial charge is 0.375 e. The zero-order chi connectivity index (χ0) is 23.9. The zero-order valence-corrected chi connectivity index (χ0v) is 20.1. The maximum Gasteiger partial charge on any atom is 0.267 e. The fourth-order valence-electron chi connectivity index (χ4n) is 3.54. The first kappa shape index (κ1) is 23.5. The highest BCUT2D eigenvalue weighted by atomic mass is 32.2. The van der Waals surface area contributed by atoms with Gasteiger partial charge in [-0.2, -0.15) is 0 Å². The highest BCUT2D eigenvalue weighted by Crippen LogP contribution is 2.20. The molecule has 0 saturated carbocycles. The number of hydrogen-bond acceptors (Lipinski definition) is 6. The number of carbonyl (C=O) groups excluding carboxylic acids is 1. The van der Waals surface area contributed by atoms with E-state index < -0.39 is 0 Å². The van der Waals surface area contributed by atoms with Crippen molar-refractivity contribution in [1.29, 1.82) is 0 Å². The molecule has 1 N–H and O–H groups in total. The number of amides is 1. The van der Waals surface area contributed by atoms with Crippen molar-refractivity contribution in [2.45, 2.75) is 18.5 Å². The van der Waals surface area contributed by atoms with Crippen LogP contribution in [0.15, 0.2) is 82.9 Å². The molecular weight excluding hydrogens is 446 g/mol. The van der Waals surface area contributed by atoms with Gasteiger partial charge in [-0.1, -0.05) is 48.2 Å². The summed E-state index contributed by atoms with van der Waals surface area (Å²) in [6.07, 6.45) is 2.54. The van der Waals surface area contributed by atoms with Gasteiger partial charge in [0, 0.05) is 32.0 Å². The maximum atomic E-state index is 13.2. The minimum atomic E-state index is -0.200. The lowest BCUT2D eigenvalue weighted by molar-refractivity contribution is -0.118. The van der Waals surface area contributed by atoms with Gasteiger partial charge in [0.2, 0.25) is 5.91 Å². The third-order valence-electron chi connectivity index (χ3n) is 5.39. The zero-order valence-electron chi connectivity index (χ0n) is 19.3. The van der Waals surface area contributed by atoms with E-state index in [-0.39, 0.29) is 17.2 Å². The Morgan fingerprint density at radius 2 is 1.82 bits per heavy atom. The Kier molecular flexibility index (Phi) is 7.59. The van der Waals surface area contributed by atoms with E-state index >= 15 is 0 Å². The molecule has 0 radical (unpaired) electrons. The fourth-order valence-corrected chi connectivity index (χ4v) is 4.37. The number of thioether (sulfide) groups is 1. The van der Waals surface area contributed by atoms with E-state index in [1.165, 1.54) is 16.3 Å². The van der Waals surface area contributed by atoms with E-state index in [9.17, 15) is 9.59 Å². The van der Waals surface area contributed by atoms with Crippen LogP contribution in [0.1, 0.15) is 12.0 Å². The van der Waals surface area contributed by atoms with Crippen LogP contribution in [0, 0.1) is 6.92 Å². The molecular formula is C26H27N5O2S. The number of rotatable bonds is 9. The quantitative estimate of drug-likeness (QED) is 0.226. The molecule has 0 fully saturated rings. The lowest BCUT2D eigenvalue weighted by atomic mass is 10.2. The number of aryl methyl sites for hydroxylation is 1. The third-order valence-corrected chi connectivity index (χ3v) is 6.33. The van der Waals surface area contributed by atoms with Crippen LogP contribution in [0.2, 0.25) is 0 Å². The van der Waals surface area contributed by atoms with E-state index in [1.54, 1.807) is 24.4 Å². The van der Waals surface area contributed by atoms with Crippen LogP contribution in [0.25, 0.3) is 16.7 Å². The SMILES string of the molecule is Cc1ccc(-n2c(SCC(=O)NCCCN(C)c3ccccc3)nc3ccccc3c2=O)nc1. The molecule has 0 bridgehead atoms. The topological polar surface area (TPSA) is 80.1 Å². The number of nitrogens with one attached hydrogen (secondary N) is 1. The molecule has 2 aromatic heterocycles. The highest BCUT2D eigenvalue weighted by Gasteiger charge is 2.15. The molecule has 0 unspecified atom stereocenters. The molecule has 4 rings (SSSR count). The van der Waals surface area contributed by atoms with E-state index in [0.717, 1.165) is 24.2 Å². The molecule has 2 heterocycles. The molecule has 0 aliphatic carbocycles. The van der Waals surface area contributed by atoms with Crippen LogP contribution >= 0.6 is 11.8 Å². The number of carbonyl (C=O) groups is 1. The number of para-hydroxylation sites is 2. The standard InChI is InChI=1S/C26H27N5O2S/c1-19-13-14-23(28-17-19)31-25(33)21-11-6-7-12-22(21)29-26(31)34-18-24(32)27-15-8-16-30(2)20-9-4-3-5-10-20/h3-7,9-14,17H,8,15-16,18H2,1-2H3,(H,27,32). The second kappa shape index (κ2) is 11.0. The number of fused-ring (bicyclic) bond motifs is 1. The molecule has 0 aliphatic heterocycles. The first-order valence-corrected chi connectivity index (χ1v) is 12.1. The molecule has 7 nitrogen and oxygen atoms in total. The van der Waals surface area contributed by atoms with Crippen LogP contribution in [-0.4, -0.2) is 46.3 Å². The van der Waals surface area contributed by atoms with Crippen molar-refractivity contribution in [3.8, 4) is 5.82 Å². The van der Waals surface area contributed by atoms with Gasteiger partial charge in [0.05, 0.1) is 16.7 Å². The van der Waals surface area contributed by atoms with E-state index in [1.807, 2.05) is 50.4 Å². The van der Waals surface area contributed by atoms with E-state index in [0.29, 0.717) is 28.4 Å². The number of benzene rings is 2. The van der Waals surface area contributed by atoms with Gasteiger partial charge in [-0.15, -0.1) is 0 Å². The van der Waals surface area contributed by atoms with Crippen LogP contribution < -0.4 is 15.8 Å². The second-order valence-electron chi connectivity index (χ2n) is 8.00. The molecule has 0 spiro atoms. The number of anilines is 1. The average molecular weight is 474 g/mol. The summed E-state index contributed by atoms with van der Waals surface area (Å²) in [4.78, 5) is 37.0. The molecule has 34 heavy (non-hydrogen) atoms. The predicted molar refractivity (Wildman–Crippen MR) is 138 cm³/mol. The molecule has 2 aromatic carbocycles. The number of pyridine rings is 1. The van der Waals surface area contributed by atoms with Crippen LogP contribution in [0.5, 0.6) is 0 Å². The second-order valence-corrected chi connectivity index (χ2v) is 8.94.